The Labute approximate surface area is 295 Å². The highest BCUT2D eigenvalue weighted by molar-refractivity contribution is 5.96. The number of rotatable bonds is 21. The van der Waals surface area contributed by atoms with E-state index in [-0.39, 0.29) is 43.9 Å². The molecule has 0 saturated heterocycles. The highest BCUT2D eigenvalue weighted by Gasteiger charge is 2.34. The molecule has 0 saturated carbocycles. The molecule has 51 heavy (non-hydrogen) atoms. The van der Waals surface area contributed by atoms with E-state index in [4.69, 9.17) is 17.2 Å². The van der Waals surface area contributed by atoms with Crippen LogP contribution in [0.3, 0.4) is 0 Å². The summed E-state index contributed by atoms with van der Waals surface area (Å²) in [5.41, 5.74) is 17.5. The number of aromatic amines is 1. The Balaban J connectivity index is 2.35. The van der Waals surface area contributed by atoms with Crippen LogP contribution >= 0.6 is 0 Å². The number of phenols is 1. The number of aliphatic hydroxyl groups excluding tert-OH is 1. The molecule has 2 rings (SSSR count). The standard InChI is InChI=1S/C32H49N11O8/c1-4-17(2)26(43-30(50)25(15-44)39-18(3)45)31(51)40-22(6-5-11-37-32(34)35)28(48)42-24(13-20-14-36-16-38-20)29(49)41-23(27(33)47)12-19-7-9-21(46)10-8-19/h7-10,14,16-17,22-26,44,46H,4-6,11-13,15H2,1-3H3,(H2,33,47)(H,36,38)(H,39,45)(H,40,51)(H,41,49)(H,42,48)(H,43,50)(H4,34,35,37)/t17-,22-,23-,24-,25-,26-/m0/s1. The molecule has 14 N–H and O–H groups in total. The quantitative estimate of drug-likeness (QED) is 0.0350. The number of aliphatic hydroxyl groups is 1. The summed E-state index contributed by atoms with van der Waals surface area (Å²) >= 11 is 0. The third-order valence-corrected chi connectivity index (χ3v) is 7.90. The molecule has 1 heterocycles. The molecule has 280 valence electrons. The number of hydrogen-bond acceptors (Lipinski definition) is 10. The topological polar surface area (TPSA) is 322 Å². The van der Waals surface area contributed by atoms with Crippen LogP contribution in [0.25, 0.3) is 0 Å². The number of nitrogens with one attached hydrogen (secondary N) is 6. The number of amides is 6. The molecule has 1 aromatic heterocycles. The molecule has 2 aromatic rings. The number of aromatic nitrogens is 2. The fourth-order valence-corrected chi connectivity index (χ4v) is 4.89. The molecule has 0 aliphatic carbocycles. The van der Waals surface area contributed by atoms with Gasteiger partial charge in [-0.15, -0.1) is 0 Å². The van der Waals surface area contributed by atoms with Gasteiger partial charge in [0.2, 0.25) is 35.4 Å². The number of hydrogen-bond donors (Lipinski definition) is 11. The van der Waals surface area contributed by atoms with Crippen LogP contribution in [0.2, 0.25) is 0 Å². The van der Waals surface area contributed by atoms with E-state index in [9.17, 15) is 39.0 Å². The summed E-state index contributed by atoms with van der Waals surface area (Å²) in [6.45, 7) is 4.04. The van der Waals surface area contributed by atoms with Crippen molar-refractivity contribution in [2.45, 2.75) is 83.1 Å². The lowest BCUT2D eigenvalue weighted by Crippen LogP contribution is -2.60. The van der Waals surface area contributed by atoms with Crippen molar-refractivity contribution in [2.75, 3.05) is 13.2 Å². The Morgan fingerprint density at radius 2 is 1.45 bits per heavy atom. The predicted octanol–water partition coefficient (Wildman–Crippen LogP) is -3.08. The zero-order chi connectivity index (χ0) is 38.1. The SMILES string of the molecule is CC[C@H](C)[C@H](NC(=O)[C@H](CO)NC(C)=O)C(=O)N[C@@H](CCCN=C(N)N)C(=O)N[C@@H](Cc1cnc[nH]1)C(=O)N[C@@H](Cc1ccc(O)cc1)C(N)=O. The van der Waals surface area contributed by atoms with Crippen LogP contribution in [0.5, 0.6) is 5.75 Å². The molecule has 0 spiro atoms. The van der Waals surface area contributed by atoms with E-state index in [1.807, 2.05) is 0 Å². The number of phenolic OH excluding ortho intramolecular Hbond substituents is 1. The summed E-state index contributed by atoms with van der Waals surface area (Å²) in [6, 6.07) is -0.263. The van der Waals surface area contributed by atoms with Crippen molar-refractivity contribution in [3.63, 3.8) is 0 Å². The molecule has 6 atom stereocenters. The zero-order valence-electron chi connectivity index (χ0n) is 28.8. The van der Waals surface area contributed by atoms with E-state index in [1.165, 1.54) is 31.6 Å². The van der Waals surface area contributed by atoms with E-state index in [2.05, 4.69) is 41.5 Å². The second kappa shape index (κ2) is 20.7. The zero-order valence-corrected chi connectivity index (χ0v) is 28.8. The second-order valence-corrected chi connectivity index (χ2v) is 12.0. The number of aromatic hydroxyl groups is 1. The number of benzene rings is 1. The molecular weight excluding hydrogens is 666 g/mol. The van der Waals surface area contributed by atoms with E-state index in [1.54, 1.807) is 26.0 Å². The van der Waals surface area contributed by atoms with Crippen LogP contribution in [0.15, 0.2) is 41.8 Å². The van der Waals surface area contributed by atoms with Gasteiger partial charge in [0, 0.05) is 38.2 Å². The van der Waals surface area contributed by atoms with Gasteiger partial charge in [-0.2, -0.15) is 0 Å². The molecule has 0 fully saturated rings. The van der Waals surface area contributed by atoms with Gasteiger partial charge in [0.25, 0.3) is 0 Å². The van der Waals surface area contributed by atoms with Gasteiger partial charge < -0.3 is 59.0 Å². The molecule has 0 unspecified atom stereocenters. The smallest absolute Gasteiger partial charge is 0.245 e. The number of H-pyrrole nitrogens is 1. The summed E-state index contributed by atoms with van der Waals surface area (Å²) in [6.07, 6.45) is 3.39. The van der Waals surface area contributed by atoms with Crippen LogP contribution in [-0.2, 0) is 41.6 Å². The van der Waals surface area contributed by atoms with Crippen molar-refractivity contribution in [3.05, 3.63) is 48.0 Å². The van der Waals surface area contributed by atoms with Gasteiger partial charge in [-0.1, -0.05) is 32.4 Å². The lowest BCUT2D eigenvalue weighted by molar-refractivity contribution is -0.136. The summed E-state index contributed by atoms with van der Waals surface area (Å²) in [5.74, 6) is -5.11. The first-order valence-corrected chi connectivity index (χ1v) is 16.3. The van der Waals surface area contributed by atoms with Crippen molar-refractivity contribution in [3.8, 4) is 5.75 Å². The van der Waals surface area contributed by atoms with E-state index >= 15 is 0 Å². The number of carbonyl (C=O) groups is 6. The van der Waals surface area contributed by atoms with Crippen LogP contribution in [0, 0.1) is 5.92 Å². The van der Waals surface area contributed by atoms with Crippen LogP contribution in [-0.4, -0.2) is 105 Å². The second-order valence-electron chi connectivity index (χ2n) is 12.0. The molecule has 6 amide bonds. The monoisotopic (exact) mass is 715 g/mol. The average Bonchev–Trinajstić information content (AvgIpc) is 3.60. The molecule has 0 aliphatic heterocycles. The van der Waals surface area contributed by atoms with Gasteiger partial charge in [-0.05, 0) is 36.5 Å². The first-order chi connectivity index (χ1) is 24.1. The van der Waals surface area contributed by atoms with E-state index < -0.39 is 78.2 Å². The highest BCUT2D eigenvalue weighted by Crippen LogP contribution is 2.13. The normalized spacial score (nSPS) is 14.4. The summed E-state index contributed by atoms with van der Waals surface area (Å²) in [4.78, 5) is 88.6. The molecule has 0 aliphatic rings. The Morgan fingerprint density at radius 3 is 2.00 bits per heavy atom. The highest BCUT2D eigenvalue weighted by atomic mass is 16.3. The predicted molar refractivity (Wildman–Crippen MR) is 185 cm³/mol. The maximum Gasteiger partial charge on any atom is 0.245 e. The minimum absolute atomic E-state index is 0.00263. The molecule has 0 bridgehead atoms. The molecule has 0 radical (unpaired) electrons. The minimum atomic E-state index is -1.32. The van der Waals surface area contributed by atoms with Crippen molar-refractivity contribution in [2.24, 2.45) is 28.1 Å². The van der Waals surface area contributed by atoms with Crippen LogP contribution in [0.4, 0.5) is 0 Å². The molecular formula is C32H49N11O8. The number of carbonyl (C=O) groups excluding carboxylic acids is 6. The van der Waals surface area contributed by atoms with Gasteiger partial charge in [-0.25, -0.2) is 4.98 Å². The number of primary amides is 1. The van der Waals surface area contributed by atoms with Crippen LogP contribution in [0.1, 0.15) is 51.3 Å². The maximum absolute atomic E-state index is 13.9. The summed E-state index contributed by atoms with van der Waals surface area (Å²) in [5, 5.41) is 31.9. The number of nitrogens with two attached hydrogens (primary N) is 3. The van der Waals surface area contributed by atoms with Gasteiger partial charge >= 0.3 is 0 Å². The third kappa shape index (κ3) is 14.3. The van der Waals surface area contributed by atoms with Crippen molar-refractivity contribution >= 4 is 41.4 Å². The van der Waals surface area contributed by atoms with Gasteiger partial charge in [0.05, 0.1) is 12.9 Å². The molecule has 19 heteroatoms. The number of guanidine groups is 1. The Bertz CT molecular complexity index is 1500. The Morgan fingerprint density at radius 1 is 0.843 bits per heavy atom. The largest absolute Gasteiger partial charge is 0.508 e. The Kier molecular flexibility index (Phi) is 16.8. The van der Waals surface area contributed by atoms with E-state index in [0.717, 1.165) is 0 Å². The third-order valence-electron chi connectivity index (χ3n) is 7.90. The first kappa shape index (κ1) is 41.5. The average molecular weight is 716 g/mol. The fourth-order valence-electron chi connectivity index (χ4n) is 4.89. The Hall–Kier alpha value is -5.72. The van der Waals surface area contributed by atoms with Crippen molar-refractivity contribution in [1.29, 1.82) is 0 Å². The molecule has 1 aromatic carbocycles. The summed E-state index contributed by atoms with van der Waals surface area (Å²) < 4.78 is 0. The van der Waals surface area contributed by atoms with Gasteiger partial charge in [0.15, 0.2) is 5.96 Å². The number of nitrogens with zero attached hydrogens (tertiary/aromatic N) is 2. The van der Waals surface area contributed by atoms with Gasteiger partial charge in [0.1, 0.15) is 36.0 Å². The van der Waals surface area contributed by atoms with Crippen molar-refractivity contribution in [1.82, 2.24) is 36.6 Å². The summed E-state index contributed by atoms with van der Waals surface area (Å²) in [7, 11) is 0. The lowest BCUT2D eigenvalue weighted by Gasteiger charge is -2.29. The number of imidazole rings is 1. The molecule has 19 nitrogen and oxygen atoms in total. The van der Waals surface area contributed by atoms with Crippen molar-refractivity contribution < 1.29 is 39.0 Å². The first-order valence-electron chi connectivity index (χ1n) is 16.3. The maximum atomic E-state index is 13.9. The van der Waals surface area contributed by atoms with Gasteiger partial charge in [-0.3, -0.25) is 33.8 Å². The fraction of sp³-hybridized carbons (Fsp3) is 0.500. The number of aliphatic imine (C=N–C) groups is 1. The van der Waals surface area contributed by atoms with Crippen LogP contribution < -0.4 is 43.8 Å². The minimum Gasteiger partial charge on any atom is -0.508 e. The van der Waals surface area contributed by atoms with E-state index in [0.29, 0.717) is 17.7 Å². The lowest BCUT2D eigenvalue weighted by atomic mass is 9.97.